The standard InChI is InChI=1S/C17H17NO4S.C16H17NO2S/c1-12-7-8-14(11-13(12)2)9-10-23(21,22)18-16-6-4-3-5-15(16)17(19)20;1-13-8-9-15(12-14(13)2)10-11-20(18,19)17-16-6-4-3-5-7-16/h3-11,18H,1-2H3,(H,19,20);3-12,17H,1-2H3/b10-9+;11-10+. The predicted octanol–water partition coefficient (Wildman–Crippen LogP) is 7.13. The van der Waals surface area contributed by atoms with E-state index >= 15 is 0 Å². The summed E-state index contributed by atoms with van der Waals surface area (Å²) in [5.41, 5.74) is 6.62. The fraction of sp³-hybridized carbons (Fsp3) is 0.121. The highest BCUT2D eigenvalue weighted by Gasteiger charge is 2.13. The molecule has 0 atom stereocenters. The molecule has 0 amide bonds. The number of carboxylic acid groups (broad SMARTS) is 1. The lowest BCUT2D eigenvalue weighted by Crippen LogP contribution is -2.12. The number of rotatable bonds is 9. The lowest BCUT2D eigenvalue weighted by Gasteiger charge is -2.07. The molecule has 224 valence electrons. The van der Waals surface area contributed by atoms with E-state index in [1.807, 2.05) is 70.2 Å². The van der Waals surface area contributed by atoms with Crippen LogP contribution in [0.25, 0.3) is 12.2 Å². The molecule has 0 fully saturated rings. The van der Waals surface area contributed by atoms with Crippen molar-refractivity contribution >= 4 is 49.5 Å². The van der Waals surface area contributed by atoms with Gasteiger partial charge in [0.1, 0.15) is 0 Å². The summed E-state index contributed by atoms with van der Waals surface area (Å²) in [6.07, 6.45) is 3.07. The van der Waals surface area contributed by atoms with Gasteiger partial charge >= 0.3 is 5.97 Å². The van der Waals surface area contributed by atoms with Crippen molar-refractivity contribution in [2.45, 2.75) is 27.7 Å². The summed E-state index contributed by atoms with van der Waals surface area (Å²) >= 11 is 0. The van der Waals surface area contributed by atoms with Crippen molar-refractivity contribution in [3.05, 3.63) is 141 Å². The summed E-state index contributed by atoms with van der Waals surface area (Å²) in [7, 11) is -7.29. The maximum atomic E-state index is 12.1. The van der Waals surface area contributed by atoms with Gasteiger partial charge < -0.3 is 5.11 Å². The maximum Gasteiger partial charge on any atom is 0.337 e. The molecule has 0 saturated heterocycles. The van der Waals surface area contributed by atoms with Crippen LogP contribution in [0.1, 0.15) is 43.7 Å². The lowest BCUT2D eigenvalue weighted by molar-refractivity contribution is 0.0698. The Labute approximate surface area is 253 Å². The van der Waals surface area contributed by atoms with Gasteiger partial charge in [0, 0.05) is 5.69 Å². The number of carboxylic acids is 1. The highest BCUT2D eigenvalue weighted by atomic mass is 32.2. The first-order valence-electron chi connectivity index (χ1n) is 13.2. The van der Waals surface area contributed by atoms with Crippen LogP contribution in [0.4, 0.5) is 11.4 Å². The van der Waals surface area contributed by atoms with Gasteiger partial charge in [0.15, 0.2) is 0 Å². The third-order valence-electron chi connectivity index (χ3n) is 6.38. The fourth-order valence-corrected chi connectivity index (χ4v) is 5.48. The fourth-order valence-electron chi connectivity index (χ4n) is 3.72. The average molecular weight is 619 g/mol. The molecule has 0 spiro atoms. The normalized spacial score (nSPS) is 11.6. The number of benzene rings is 4. The Morgan fingerprint density at radius 2 is 1.07 bits per heavy atom. The van der Waals surface area contributed by atoms with Gasteiger partial charge in [-0.3, -0.25) is 9.44 Å². The minimum atomic E-state index is -3.81. The third-order valence-corrected chi connectivity index (χ3v) is 8.40. The molecule has 3 N–H and O–H groups in total. The van der Waals surface area contributed by atoms with E-state index in [1.165, 1.54) is 35.2 Å². The Kier molecular flexibility index (Phi) is 11.1. The van der Waals surface area contributed by atoms with Crippen LogP contribution in [-0.2, 0) is 20.0 Å². The molecular weight excluding hydrogens is 585 g/mol. The molecule has 10 heteroatoms. The van der Waals surface area contributed by atoms with Crippen molar-refractivity contribution in [3.63, 3.8) is 0 Å². The van der Waals surface area contributed by atoms with Crippen LogP contribution in [-0.4, -0.2) is 27.9 Å². The predicted molar refractivity (Wildman–Crippen MR) is 175 cm³/mol. The lowest BCUT2D eigenvalue weighted by atomic mass is 10.1. The molecule has 43 heavy (non-hydrogen) atoms. The number of anilines is 2. The third kappa shape index (κ3) is 10.6. The second-order valence-corrected chi connectivity index (χ2v) is 12.9. The van der Waals surface area contributed by atoms with Gasteiger partial charge in [-0.05, 0) is 97.5 Å². The Hall–Kier alpha value is -4.67. The summed E-state index contributed by atoms with van der Waals surface area (Å²) < 4.78 is 52.8. The quantitative estimate of drug-likeness (QED) is 0.183. The van der Waals surface area contributed by atoms with Crippen molar-refractivity contribution in [1.82, 2.24) is 0 Å². The molecule has 0 aromatic heterocycles. The number of aryl methyl sites for hydroxylation is 4. The monoisotopic (exact) mass is 618 g/mol. The molecular formula is C33H34N2O6S2. The zero-order chi connectivity index (χ0) is 31.6. The minimum Gasteiger partial charge on any atom is -0.478 e. The summed E-state index contributed by atoms with van der Waals surface area (Å²) in [6.45, 7) is 7.95. The molecule has 4 aromatic rings. The Balaban J connectivity index is 0.000000238. The maximum absolute atomic E-state index is 12.1. The Morgan fingerprint density at radius 3 is 1.56 bits per heavy atom. The van der Waals surface area contributed by atoms with Crippen molar-refractivity contribution in [3.8, 4) is 0 Å². The van der Waals surface area contributed by atoms with E-state index in [-0.39, 0.29) is 11.3 Å². The summed E-state index contributed by atoms with van der Waals surface area (Å²) in [5, 5.41) is 11.3. The molecule has 8 nitrogen and oxygen atoms in total. The Morgan fingerprint density at radius 1 is 0.605 bits per heavy atom. The van der Waals surface area contributed by atoms with Crippen molar-refractivity contribution in [2.75, 3.05) is 9.44 Å². The van der Waals surface area contributed by atoms with Gasteiger partial charge in [-0.1, -0.05) is 66.7 Å². The second kappa shape index (κ2) is 14.5. The molecule has 0 aliphatic rings. The van der Waals surface area contributed by atoms with Gasteiger partial charge in [0.25, 0.3) is 20.0 Å². The van der Waals surface area contributed by atoms with E-state index < -0.39 is 26.0 Å². The SMILES string of the molecule is Cc1ccc(/C=C/S(=O)(=O)Nc2ccccc2)cc1C.Cc1ccc(/C=C/S(=O)(=O)Nc2ccccc2C(=O)O)cc1C. The summed E-state index contributed by atoms with van der Waals surface area (Å²) in [4.78, 5) is 11.1. The van der Waals surface area contributed by atoms with Crippen LogP contribution < -0.4 is 9.44 Å². The smallest absolute Gasteiger partial charge is 0.337 e. The zero-order valence-corrected chi connectivity index (χ0v) is 25.9. The van der Waals surface area contributed by atoms with Gasteiger partial charge in [-0.2, -0.15) is 0 Å². The largest absolute Gasteiger partial charge is 0.478 e. The molecule has 0 radical (unpaired) electrons. The van der Waals surface area contributed by atoms with Gasteiger partial charge in [-0.15, -0.1) is 0 Å². The van der Waals surface area contributed by atoms with Crippen LogP contribution in [0.2, 0.25) is 0 Å². The zero-order valence-electron chi connectivity index (χ0n) is 24.3. The number of carbonyl (C=O) groups is 1. The first-order chi connectivity index (χ1) is 20.2. The number of hydrogen-bond acceptors (Lipinski definition) is 5. The summed E-state index contributed by atoms with van der Waals surface area (Å²) in [5.74, 6) is -1.19. The van der Waals surface area contributed by atoms with E-state index in [4.69, 9.17) is 5.11 Å². The van der Waals surface area contributed by atoms with E-state index in [0.29, 0.717) is 5.69 Å². The van der Waals surface area contributed by atoms with Crippen molar-refractivity contribution in [2.24, 2.45) is 0 Å². The molecule has 0 heterocycles. The van der Waals surface area contributed by atoms with E-state index in [1.54, 1.807) is 36.4 Å². The number of sulfonamides is 2. The van der Waals surface area contributed by atoms with Gasteiger partial charge in [0.05, 0.1) is 22.1 Å². The van der Waals surface area contributed by atoms with Crippen LogP contribution >= 0.6 is 0 Å². The molecule has 0 aliphatic heterocycles. The van der Waals surface area contributed by atoms with Crippen LogP contribution in [0.15, 0.2) is 102 Å². The molecule has 4 aromatic carbocycles. The van der Waals surface area contributed by atoms with E-state index in [0.717, 1.165) is 33.2 Å². The molecule has 4 rings (SSSR count). The summed E-state index contributed by atoms with van der Waals surface area (Å²) in [6, 6.07) is 26.1. The highest BCUT2D eigenvalue weighted by molar-refractivity contribution is 7.96. The molecule has 0 bridgehead atoms. The van der Waals surface area contributed by atoms with Gasteiger partial charge in [0.2, 0.25) is 0 Å². The van der Waals surface area contributed by atoms with E-state index in [9.17, 15) is 21.6 Å². The minimum absolute atomic E-state index is 0.0322. The Bertz CT molecular complexity index is 1860. The van der Waals surface area contributed by atoms with Crippen LogP contribution in [0.5, 0.6) is 0 Å². The number of hydrogen-bond donors (Lipinski definition) is 3. The van der Waals surface area contributed by atoms with Gasteiger partial charge in [-0.25, -0.2) is 21.6 Å². The van der Waals surface area contributed by atoms with E-state index in [2.05, 4.69) is 9.44 Å². The number of nitrogens with one attached hydrogen (secondary N) is 2. The topological polar surface area (TPSA) is 130 Å². The van der Waals surface area contributed by atoms with Crippen LogP contribution in [0.3, 0.4) is 0 Å². The highest BCUT2D eigenvalue weighted by Crippen LogP contribution is 2.18. The first-order valence-corrected chi connectivity index (χ1v) is 16.3. The number of para-hydroxylation sites is 2. The van der Waals surface area contributed by atoms with Crippen LogP contribution in [0, 0.1) is 27.7 Å². The average Bonchev–Trinajstić information content (AvgIpc) is 2.95. The number of aromatic carboxylic acids is 1. The molecule has 0 unspecified atom stereocenters. The second-order valence-electron chi connectivity index (χ2n) is 9.80. The van der Waals surface area contributed by atoms with Crippen molar-refractivity contribution < 1.29 is 26.7 Å². The first kappa shape index (κ1) is 32.8. The van der Waals surface area contributed by atoms with Crippen molar-refractivity contribution in [1.29, 1.82) is 0 Å². The molecule has 0 aliphatic carbocycles. The molecule has 0 saturated carbocycles.